The fourth-order valence-electron chi connectivity index (χ4n) is 0.687. The van der Waals surface area contributed by atoms with E-state index in [1.54, 1.807) is 0 Å². The molecule has 1 atom stereocenters. The molecule has 90 valence electrons. The van der Waals surface area contributed by atoms with Gasteiger partial charge in [0.05, 0.1) is 7.11 Å². The largest absolute Gasteiger partial charge is 0.451 e. The molecule has 0 saturated carbocycles. The van der Waals surface area contributed by atoms with Gasteiger partial charge in [-0.05, 0) is 6.42 Å². The van der Waals surface area contributed by atoms with Gasteiger partial charge >= 0.3 is 16.4 Å². The van der Waals surface area contributed by atoms with Gasteiger partial charge in [-0.3, -0.25) is 4.55 Å². The summed E-state index contributed by atoms with van der Waals surface area (Å²) in [6, 6.07) is 0. The Labute approximate surface area is 87.3 Å². The van der Waals surface area contributed by atoms with Crippen LogP contribution in [-0.2, 0) is 33.7 Å². The monoisotopic (exact) mass is 262 g/mol. The van der Waals surface area contributed by atoms with Crippen molar-refractivity contribution in [2.24, 2.45) is 0 Å². The van der Waals surface area contributed by atoms with E-state index in [1.165, 1.54) is 6.92 Å². The van der Waals surface area contributed by atoms with E-state index in [0.717, 1.165) is 7.11 Å². The summed E-state index contributed by atoms with van der Waals surface area (Å²) in [6.45, 7) is 1.26. The SMILES string of the molecule is CCC(C(=O)OS(=O)(=O)OC)S(=O)(=O)O. The van der Waals surface area contributed by atoms with Gasteiger partial charge in [-0.1, -0.05) is 6.92 Å². The van der Waals surface area contributed by atoms with Crippen LogP contribution in [0.3, 0.4) is 0 Å². The molecule has 1 N–H and O–H groups in total. The second-order valence-electron chi connectivity index (χ2n) is 2.39. The highest BCUT2D eigenvalue weighted by Gasteiger charge is 2.34. The maximum atomic E-state index is 11.0. The van der Waals surface area contributed by atoms with Crippen LogP contribution in [0.15, 0.2) is 0 Å². The van der Waals surface area contributed by atoms with Gasteiger partial charge in [0.25, 0.3) is 10.1 Å². The first-order valence-corrected chi connectivity index (χ1v) is 6.48. The molecule has 0 aromatic carbocycles. The van der Waals surface area contributed by atoms with Crippen LogP contribution in [0.2, 0.25) is 0 Å². The molecule has 0 aromatic rings. The van der Waals surface area contributed by atoms with E-state index in [2.05, 4.69) is 8.37 Å². The Morgan fingerprint density at radius 1 is 1.33 bits per heavy atom. The summed E-state index contributed by atoms with van der Waals surface area (Å²) in [4.78, 5) is 11.0. The second-order valence-corrected chi connectivity index (χ2v) is 5.30. The molecule has 0 amide bonds. The number of rotatable bonds is 5. The Morgan fingerprint density at radius 2 is 1.80 bits per heavy atom. The van der Waals surface area contributed by atoms with Crippen LogP contribution in [0.1, 0.15) is 13.3 Å². The van der Waals surface area contributed by atoms with Crippen LogP contribution in [0.25, 0.3) is 0 Å². The van der Waals surface area contributed by atoms with Crippen molar-refractivity contribution in [2.45, 2.75) is 18.6 Å². The van der Waals surface area contributed by atoms with Crippen LogP contribution in [0.5, 0.6) is 0 Å². The Morgan fingerprint density at radius 3 is 2.07 bits per heavy atom. The topological polar surface area (TPSA) is 124 Å². The average Bonchev–Trinajstić information content (AvgIpc) is 2.01. The smallest absolute Gasteiger partial charge is 0.323 e. The van der Waals surface area contributed by atoms with Crippen molar-refractivity contribution in [2.75, 3.05) is 7.11 Å². The third kappa shape index (κ3) is 4.55. The van der Waals surface area contributed by atoms with Gasteiger partial charge in [0.2, 0.25) is 0 Å². The molecular formula is C5H10O8S2. The maximum Gasteiger partial charge on any atom is 0.451 e. The zero-order valence-corrected chi connectivity index (χ0v) is 9.54. The molecule has 8 nitrogen and oxygen atoms in total. The second kappa shape index (κ2) is 4.88. The average molecular weight is 262 g/mol. The summed E-state index contributed by atoms with van der Waals surface area (Å²) in [5.74, 6) is -1.61. The van der Waals surface area contributed by atoms with Crippen molar-refractivity contribution in [1.29, 1.82) is 0 Å². The Balaban J connectivity index is 4.87. The number of carbonyl (C=O) groups excluding carboxylic acids is 1. The van der Waals surface area contributed by atoms with Crippen LogP contribution in [-0.4, -0.2) is 39.7 Å². The molecule has 15 heavy (non-hydrogen) atoms. The van der Waals surface area contributed by atoms with Crippen LogP contribution < -0.4 is 0 Å². The standard InChI is InChI=1S/C5H10O8S2/c1-3-4(14(7,8)9)5(6)13-15(10,11)12-2/h4H,3H2,1-2H3,(H,7,8,9). The van der Waals surface area contributed by atoms with E-state index in [1.807, 2.05) is 0 Å². The Bertz CT molecular complexity index is 418. The van der Waals surface area contributed by atoms with E-state index in [-0.39, 0.29) is 6.42 Å². The molecular weight excluding hydrogens is 252 g/mol. The minimum atomic E-state index is -4.69. The fraction of sp³-hybridized carbons (Fsp3) is 0.800. The highest BCUT2D eigenvalue weighted by atomic mass is 32.3. The lowest BCUT2D eigenvalue weighted by Gasteiger charge is -2.09. The number of hydrogen-bond acceptors (Lipinski definition) is 7. The van der Waals surface area contributed by atoms with E-state index in [9.17, 15) is 21.6 Å². The molecule has 0 aromatic heterocycles. The van der Waals surface area contributed by atoms with Crippen LogP contribution in [0.4, 0.5) is 0 Å². The molecule has 0 aliphatic rings. The quantitative estimate of drug-likeness (QED) is 0.631. The van der Waals surface area contributed by atoms with Gasteiger partial charge in [-0.2, -0.15) is 16.8 Å². The lowest BCUT2D eigenvalue weighted by atomic mass is 10.3. The molecule has 0 radical (unpaired) electrons. The van der Waals surface area contributed by atoms with Crippen molar-refractivity contribution >= 4 is 26.5 Å². The van der Waals surface area contributed by atoms with Gasteiger partial charge in [-0.25, -0.2) is 8.98 Å². The zero-order chi connectivity index (χ0) is 12.3. The van der Waals surface area contributed by atoms with E-state index in [0.29, 0.717) is 0 Å². The summed E-state index contributed by atoms with van der Waals surface area (Å²) >= 11 is 0. The minimum absolute atomic E-state index is 0.323. The predicted octanol–water partition coefficient (Wildman–Crippen LogP) is -0.913. The minimum Gasteiger partial charge on any atom is -0.323 e. The van der Waals surface area contributed by atoms with Gasteiger partial charge < -0.3 is 4.18 Å². The summed E-state index contributed by atoms with van der Waals surface area (Å²) in [6.07, 6.45) is -0.323. The van der Waals surface area contributed by atoms with Crippen LogP contribution >= 0.6 is 0 Å². The fourth-order valence-corrected chi connectivity index (χ4v) is 1.85. The molecule has 0 aliphatic carbocycles. The first kappa shape index (κ1) is 14.3. The Kier molecular flexibility index (Phi) is 4.65. The summed E-state index contributed by atoms with van der Waals surface area (Å²) in [5.41, 5.74) is 0. The zero-order valence-electron chi connectivity index (χ0n) is 7.91. The molecule has 0 aliphatic heterocycles. The number of carbonyl (C=O) groups is 1. The summed E-state index contributed by atoms with van der Waals surface area (Å²) in [5, 5.41) is -1.94. The molecule has 0 rings (SSSR count). The third-order valence-corrected chi connectivity index (χ3v) is 3.40. The Hall–Kier alpha value is -0.710. The molecule has 10 heteroatoms. The third-order valence-electron chi connectivity index (χ3n) is 1.38. The molecule has 0 spiro atoms. The summed E-state index contributed by atoms with van der Waals surface area (Å²) in [7, 11) is -8.52. The van der Waals surface area contributed by atoms with Crippen molar-refractivity contribution < 1.29 is 34.5 Å². The van der Waals surface area contributed by atoms with Gasteiger partial charge in [-0.15, -0.1) is 0 Å². The summed E-state index contributed by atoms with van der Waals surface area (Å²) < 4.78 is 58.5. The van der Waals surface area contributed by atoms with E-state index in [4.69, 9.17) is 4.55 Å². The molecule has 0 saturated heterocycles. The maximum absolute atomic E-state index is 11.0. The van der Waals surface area contributed by atoms with Crippen molar-refractivity contribution in [3.05, 3.63) is 0 Å². The van der Waals surface area contributed by atoms with Gasteiger partial charge in [0.15, 0.2) is 5.25 Å². The molecule has 0 heterocycles. The highest BCUT2D eigenvalue weighted by Crippen LogP contribution is 2.08. The van der Waals surface area contributed by atoms with Crippen LogP contribution in [0, 0.1) is 0 Å². The van der Waals surface area contributed by atoms with Crippen molar-refractivity contribution in [3.8, 4) is 0 Å². The van der Waals surface area contributed by atoms with E-state index < -0.39 is 31.7 Å². The van der Waals surface area contributed by atoms with Crippen molar-refractivity contribution in [1.82, 2.24) is 0 Å². The lowest BCUT2D eigenvalue weighted by molar-refractivity contribution is -0.134. The number of hydrogen-bond donors (Lipinski definition) is 1. The molecule has 1 unspecified atom stereocenters. The highest BCUT2D eigenvalue weighted by molar-refractivity contribution is 7.87. The van der Waals surface area contributed by atoms with E-state index >= 15 is 0 Å². The molecule has 0 fully saturated rings. The van der Waals surface area contributed by atoms with Gasteiger partial charge in [0, 0.05) is 0 Å². The van der Waals surface area contributed by atoms with Crippen molar-refractivity contribution in [3.63, 3.8) is 0 Å². The van der Waals surface area contributed by atoms with Gasteiger partial charge in [0.1, 0.15) is 0 Å². The normalized spacial score (nSPS) is 14.6. The lowest BCUT2D eigenvalue weighted by Crippen LogP contribution is -2.32. The first-order valence-electron chi connectivity index (χ1n) is 3.64. The first-order chi connectivity index (χ1) is 6.64. The predicted molar refractivity (Wildman–Crippen MR) is 47.6 cm³/mol. The molecule has 0 bridgehead atoms.